The van der Waals surface area contributed by atoms with Crippen molar-refractivity contribution < 1.29 is 69.4 Å². The summed E-state index contributed by atoms with van der Waals surface area (Å²) < 4.78 is 24.3. The Morgan fingerprint density at radius 2 is 0.759 bits per heavy atom. The van der Waals surface area contributed by atoms with Gasteiger partial charge in [0.2, 0.25) is 0 Å². The van der Waals surface area contributed by atoms with Gasteiger partial charge in [-0.25, -0.2) is 0 Å². The molecule has 4 atom stereocenters. The van der Waals surface area contributed by atoms with Crippen LogP contribution in [0, 0.1) is 0 Å². The first-order chi connectivity index (χ1) is 27.8. The molecule has 0 unspecified atom stereocenters. The van der Waals surface area contributed by atoms with Gasteiger partial charge in [-0.2, -0.15) is 0 Å². The molecule has 14 heteroatoms. The molecule has 6 aromatic carbocycles. The van der Waals surface area contributed by atoms with E-state index in [1.807, 2.05) is 0 Å². The lowest BCUT2D eigenvalue weighted by atomic mass is 9.68. The lowest BCUT2D eigenvalue weighted by Gasteiger charge is -2.29. The van der Waals surface area contributed by atoms with Crippen LogP contribution in [-0.2, 0) is 20.4 Å². The van der Waals surface area contributed by atoms with Gasteiger partial charge in [0, 0.05) is 47.5 Å². The van der Waals surface area contributed by atoms with Gasteiger partial charge in [-0.3, -0.25) is 9.59 Å². The molecule has 0 aliphatic carbocycles. The minimum atomic E-state index is -1.95. The fraction of sp³-hybridized carbons (Fsp3) is 0.0909. The highest BCUT2D eigenvalue weighted by atomic mass is 16.6. The molecule has 288 valence electrons. The van der Waals surface area contributed by atoms with E-state index in [4.69, 9.17) is 18.9 Å². The van der Waals surface area contributed by atoms with Gasteiger partial charge >= 0.3 is 11.9 Å². The highest BCUT2D eigenvalue weighted by Crippen LogP contribution is 2.65. The maximum absolute atomic E-state index is 14.4. The molecular weight excluding hydrogens is 752 g/mol. The summed E-state index contributed by atoms with van der Waals surface area (Å²) in [5.41, 5.74) is -2.58. The Hall–Kier alpha value is -8.00. The van der Waals surface area contributed by atoms with Crippen LogP contribution in [0.2, 0.25) is 0 Å². The maximum atomic E-state index is 14.4. The summed E-state index contributed by atoms with van der Waals surface area (Å²) in [6.07, 6.45) is 0.497. The highest BCUT2D eigenvalue weighted by molar-refractivity contribution is 6.02. The van der Waals surface area contributed by atoms with Gasteiger partial charge in [0.05, 0.1) is 11.1 Å². The molecule has 14 nitrogen and oxygen atoms in total. The zero-order valence-corrected chi connectivity index (χ0v) is 29.6. The third-order valence-electron chi connectivity index (χ3n) is 11.1. The first kappa shape index (κ1) is 34.5. The van der Waals surface area contributed by atoms with Crippen LogP contribution in [0.3, 0.4) is 0 Å². The first-order valence-corrected chi connectivity index (χ1v) is 17.7. The Balaban J connectivity index is 1.21. The number of rotatable bonds is 4. The molecular formula is C44H28O14. The molecule has 0 saturated carbocycles. The lowest BCUT2D eigenvalue weighted by molar-refractivity contribution is -0.139. The minimum absolute atomic E-state index is 0.0289. The number of aromatic hydroxyl groups is 8. The fourth-order valence-electron chi connectivity index (χ4n) is 8.97. The summed E-state index contributed by atoms with van der Waals surface area (Å²) in [6.45, 7) is 0. The Kier molecular flexibility index (Phi) is 6.99. The molecule has 2 spiro atoms. The molecule has 4 aliphatic rings. The van der Waals surface area contributed by atoms with Crippen molar-refractivity contribution in [3.05, 3.63) is 142 Å². The zero-order valence-electron chi connectivity index (χ0n) is 29.6. The van der Waals surface area contributed by atoms with E-state index in [-0.39, 0.29) is 90.9 Å². The number of ether oxygens (including phenoxy) is 4. The monoisotopic (exact) mass is 780 g/mol. The van der Waals surface area contributed by atoms with E-state index < -0.39 is 46.5 Å². The van der Waals surface area contributed by atoms with Gasteiger partial charge < -0.3 is 59.8 Å². The average molecular weight is 781 g/mol. The molecule has 4 heterocycles. The Morgan fingerprint density at radius 3 is 1.14 bits per heavy atom. The molecule has 0 radical (unpaired) electrons. The third-order valence-corrected chi connectivity index (χ3v) is 11.1. The molecule has 0 aromatic heterocycles. The zero-order chi connectivity index (χ0) is 40.4. The molecule has 0 bridgehead atoms. The number of esters is 2. The molecule has 0 saturated heterocycles. The second-order valence-corrected chi connectivity index (χ2v) is 14.4. The summed E-state index contributed by atoms with van der Waals surface area (Å²) in [6, 6.07) is 21.4. The van der Waals surface area contributed by atoms with Crippen LogP contribution in [0.4, 0.5) is 0 Å². The summed E-state index contributed by atoms with van der Waals surface area (Å²) in [5.74, 6) is -4.41. The molecule has 0 fully saturated rings. The average Bonchev–Trinajstić information content (AvgIpc) is 3.86. The van der Waals surface area contributed by atoms with Crippen LogP contribution in [0.25, 0.3) is 12.2 Å². The predicted octanol–water partition coefficient (Wildman–Crippen LogP) is 6.18. The Labute approximate surface area is 326 Å². The number of carbonyl (C=O) groups excluding carboxylic acids is 2. The highest BCUT2D eigenvalue weighted by Gasteiger charge is 2.66. The van der Waals surface area contributed by atoms with Crippen LogP contribution in [-0.4, -0.2) is 52.8 Å². The van der Waals surface area contributed by atoms with Crippen LogP contribution in [0.5, 0.6) is 69.0 Å². The fourth-order valence-corrected chi connectivity index (χ4v) is 8.97. The number of phenolic OH excluding ortho intramolecular Hbond substituents is 8. The number of hydrogen-bond acceptors (Lipinski definition) is 14. The van der Waals surface area contributed by atoms with Gasteiger partial charge in [0.15, 0.2) is 10.8 Å². The first-order valence-electron chi connectivity index (χ1n) is 17.7. The third kappa shape index (κ3) is 4.53. The van der Waals surface area contributed by atoms with Crippen molar-refractivity contribution in [1.82, 2.24) is 0 Å². The number of hydrogen-bond donors (Lipinski definition) is 8. The van der Waals surface area contributed by atoms with Crippen LogP contribution < -0.4 is 18.9 Å². The molecule has 0 amide bonds. The van der Waals surface area contributed by atoms with Gasteiger partial charge in [-0.05, 0) is 58.7 Å². The Bertz CT molecular complexity index is 2640. The standard InChI is InChI=1S/C44H28O14/c45-23-7-3-19(4-8-23)39-43(37-29(51)13-27(49)17-33(37)55-39)35-21(11-25(47)15-31(35)57-41(43)53)1-2-22-12-26(48)16-32-36(22)44(42(54)58-32)38-30(52)14-28(50)18-34(38)56-40(44)20-5-9-24(46)10-6-20/h1-18,39-40,45-52H/b2-1-/t39-,40+,43-,44-/m0/s1. The smallest absolute Gasteiger partial charge is 0.331 e. The quantitative estimate of drug-likeness (QED) is 0.0567. The van der Waals surface area contributed by atoms with Crippen molar-refractivity contribution in [2.24, 2.45) is 0 Å². The van der Waals surface area contributed by atoms with Crippen molar-refractivity contribution in [3.8, 4) is 69.0 Å². The molecule has 8 N–H and O–H groups in total. The number of benzene rings is 6. The van der Waals surface area contributed by atoms with E-state index in [9.17, 15) is 50.4 Å². The van der Waals surface area contributed by atoms with E-state index in [0.717, 1.165) is 12.1 Å². The lowest BCUT2D eigenvalue weighted by Crippen LogP contribution is -2.40. The minimum Gasteiger partial charge on any atom is -0.508 e. The number of fused-ring (bicyclic) bond motifs is 8. The van der Waals surface area contributed by atoms with Gasteiger partial charge in [-0.15, -0.1) is 0 Å². The second-order valence-electron chi connectivity index (χ2n) is 14.4. The van der Waals surface area contributed by atoms with Gasteiger partial charge in [-0.1, -0.05) is 36.4 Å². The topological polar surface area (TPSA) is 233 Å². The van der Waals surface area contributed by atoms with Gasteiger partial charge in [0.1, 0.15) is 81.2 Å². The van der Waals surface area contributed by atoms with Crippen molar-refractivity contribution >= 4 is 24.1 Å². The van der Waals surface area contributed by atoms with Crippen LogP contribution >= 0.6 is 0 Å². The van der Waals surface area contributed by atoms with E-state index in [1.54, 1.807) is 0 Å². The molecule has 4 aliphatic heterocycles. The summed E-state index contributed by atoms with van der Waals surface area (Å²) in [7, 11) is 0. The van der Waals surface area contributed by atoms with Crippen LogP contribution in [0.15, 0.2) is 97.1 Å². The van der Waals surface area contributed by atoms with E-state index in [1.165, 1.54) is 97.1 Å². The van der Waals surface area contributed by atoms with E-state index in [2.05, 4.69) is 0 Å². The summed E-state index contributed by atoms with van der Waals surface area (Å²) in [5, 5.41) is 85.8. The molecule has 6 aromatic rings. The van der Waals surface area contributed by atoms with Crippen LogP contribution in [0.1, 0.15) is 56.7 Å². The normalized spacial score (nSPS) is 22.0. The number of carbonyl (C=O) groups is 2. The SMILES string of the molecule is O=C1Oc2cc(O)cc(/C=C\c3cc(O)cc4c3[C@]3(C(=O)O4)c4c(O)cc(O)cc4O[C@H]3c3ccc(O)cc3)c2[C@@]12c1c(O)cc(O)cc1O[C@@H]2c1ccc(O)cc1. The Morgan fingerprint density at radius 1 is 0.414 bits per heavy atom. The summed E-state index contributed by atoms with van der Waals surface area (Å²) >= 11 is 0. The van der Waals surface area contributed by atoms with Crippen molar-refractivity contribution in [2.75, 3.05) is 0 Å². The predicted molar refractivity (Wildman–Crippen MR) is 200 cm³/mol. The maximum Gasteiger partial charge on any atom is 0.331 e. The summed E-state index contributed by atoms with van der Waals surface area (Å²) in [4.78, 5) is 28.8. The largest absolute Gasteiger partial charge is 0.508 e. The molecule has 58 heavy (non-hydrogen) atoms. The van der Waals surface area contributed by atoms with Crippen molar-refractivity contribution in [1.29, 1.82) is 0 Å². The van der Waals surface area contributed by atoms with Crippen molar-refractivity contribution in [3.63, 3.8) is 0 Å². The molecule has 10 rings (SSSR count). The van der Waals surface area contributed by atoms with Crippen molar-refractivity contribution in [2.45, 2.75) is 23.0 Å². The van der Waals surface area contributed by atoms with Gasteiger partial charge in [0.25, 0.3) is 0 Å². The second kappa shape index (κ2) is 11.8. The number of phenols is 8. The van der Waals surface area contributed by atoms with E-state index in [0.29, 0.717) is 11.1 Å². The van der Waals surface area contributed by atoms with E-state index >= 15 is 0 Å².